The summed E-state index contributed by atoms with van der Waals surface area (Å²) in [6, 6.07) is 0.147. The first kappa shape index (κ1) is 13.5. The van der Waals surface area contributed by atoms with Crippen LogP contribution in [0.4, 0.5) is 0 Å². The van der Waals surface area contributed by atoms with Gasteiger partial charge in [-0.1, -0.05) is 41.5 Å². The smallest absolute Gasteiger partial charge is 0.228 e. The van der Waals surface area contributed by atoms with Gasteiger partial charge in [0.25, 0.3) is 0 Å². The molecule has 2 unspecified atom stereocenters. The SMILES string of the molecule is CC(C)(C)C(=O)N1CC(O)CC1C(C)(C)C. The van der Waals surface area contributed by atoms with Crippen LogP contribution in [0.1, 0.15) is 48.0 Å². The third kappa shape index (κ3) is 2.76. The lowest BCUT2D eigenvalue weighted by molar-refractivity contribution is -0.142. The largest absolute Gasteiger partial charge is 0.391 e. The molecule has 0 spiro atoms. The fourth-order valence-corrected chi connectivity index (χ4v) is 2.29. The molecule has 0 aromatic rings. The van der Waals surface area contributed by atoms with E-state index in [2.05, 4.69) is 20.8 Å². The molecule has 0 bridgehead atoms. The normalized spacial score (nSPS) is 27.3. The monoisotopic (exact) mass is 227 g/mol. The molecule has 1 fully saturated rings. The van der Waals surface area contributed by atoms with E-state index < -0.39 is 0 Å². The molecule has 1 rings (SSSR count). The number of likely N-dealkylation sites (tertiary alicyclic amines) is 1. The van der Waals surface area contributed by atoms with E-state index in [-0.39, 0.29) is 28.9 Å². The Kier molecular flexibility index (Phi) is 3.39. The van der Waals surface area contributed by atoms with Crippen molar-refractivity contribution < 1.29 is 9.90 Å². The van der Waals surface area contributed by atoms with Crippen molar-refractivity contribution in [3.05, 3.63) is 0 Å². The van der Waals surface area contributed by atoms with Gasteiger partial charge in [-0.05, 0) is 11.8 Å². The summed E-state index contributed by atoms with van der Waals surface area (Å²) in [6.45, 7) is 12.6. The second-order valence-corrected chi connectivity index (χ2v) is 6.98. The van der Waals surface area contributed by atoms with Gasteiger partial charge >= 0.3 is 0 Å². The highest BCUT2D eigenvalue weighted by atomic mass is 16.3. The van der Waals surface area contributed by atoms with Crippen molar-refractivity contribution in [2.75, 3.05) is 6.54 Å². The number of nitrogens with zero attached hydrogens (tertiary/aromatic N) is 1. The topological polar surface area (TPSA) is 40.5 Å². The molecule has 1 saturated heterocycles. The first-order valence-electron chi connectivity index (χ1n) is 6.02. The Morgan fingerprint density at radius 3 is 2.06 bits per heavy atom. The first-order valence-corrected chi connectivity index (χ1v) is 6.02. The van der Waals surface area contributed by atoms with Gasteiger partial charge in [0.1, 0.15) is 0 Å². The van der Waals surface area contributed by atoms with Gasteiger partial charge in [0.15, 0.2) is 0 Å². The second kappa shape index (κ2) is 4.02. The standard InChI is InChI=1S/C13H25NO2/c1-12(2,3)10-7-9(15)8-14(10)11(16)13(4,5)6/h9-10,15H,7-8H2,1-6H3. The van der Waals surface area contributed by atoms with E-state index in [1.165, 1.54) is 0 Å². The van der Waals surface area contributed by atoms with Gasteiger partial charge in [0, 0.05) is 18.0 Å². The zero-order valence-electron chi connectivity index (χ0n) is 11.4. The maximum absolute atomic E-state index is 12.3. The molecular weight excluding hydrogens is 202 g/mol. The third-order valence-corrected chi connectivity index (χ3v) is 3.18. The lowest BCUT2D eigenvalue weighted by atomic mass is 9.83. The van der Waals surface area contributed by atoms with Crippen molar-refractivity contribution in [2.24, 2.45) is 10.8 Å². The van der Waals surface area contributed by atoms with Crippen LogP contribution in [-0.2, 0) is 4.79 Å². The Morgan fingerprint density at radius 1 is 1.19 bits per heavy atom. The summed E-state index contributed by atoms with van der Waals surface area (Å²) < 4.78 is 0. The minimum Gasteiger partial charge on any atom is -0.391 e. The van der Waals surface area contributed by atoms with E-state index in [0.29, 0.717) is 13.0 Å². The average Bonchev–Trinajstić information content (AvgIpc) is 2.43. The van der Waals surface area contributed by atoms with E-state index in [4.69, 9.17) is 0 Å². The van der Waals surface area contributed by atoms with Crippen molar-refractivity contribution in [3.63, 3.8) is 0 Å². The highest BCUT2D eigenvalue weighted by molar-refractivity contribution is 5.82. The predicted octanol–water partition coefficient (Wildman–Crippen LogP) is 2.04. The Labute approximate surface area is 98.8 Å². The Bertz CT molecular complexity index is 273. The molecule has 0 aromatic heterocycles. The average molecular weight is 227 g/mol. The summed E-state index contributed by atoms with van der Waals surface area (Å²) in [5.41, 5.74) is -0.341. The number of hydrogen-bond donors (Lipinski definition) is 1. The van der Waals surface area contributed by atoms with Crippen LogP contribution in [0.25, 0.3) is 0 Å². The maximum Gasteiger partial charge on any atom is 0.228 e. The number of carbonyl (C=O) groups is 1. The number of β-amino-alcohol motifs (C(OH)–C–C–N with tert-alkyl or cyclic N) is 1. The highest BCUT2D eigenvalue weighted by Crippen LogP contribution is 2.35. The maximum atomic E-state index is 12.3. The lowest BCUT2D eigenvalue weighted by Gasteiger charge is -2.37. The van der Waals surface area contributed by atoms with Crippen molar-refractivity contribution in [3.8, 4) is 0 Å². The van der Waals surface area contributed by atoms with E-state index in [1.54, 1.807) is 0 Å². The van der Waals surface area contributed by atoms with Gasteiger partial charge in [0.05, 0.1) is 6.10 Å². The summed E-state index contributed by atoms with van der Waals surface area (Å²) in [5.74, 6) is 0.143. The molecule has 0 aliphatic carbocycles. The number of amides is 1. The van der Waals surface area contributed by atoms with Crippen LogP contribution in [0.5, 0.6) is 0 Å². The van der Waals surface area contributed by atoms with Crippen LogP contribution in [0.3, 0.4) is 0 Å². The van der Waals surface area contributed by atoms with Gasteiger partial charge < -0.3 is 10.0 Å². The number of aliphatic hydroxyl groups excluding tert-OH is 1. The Morgan fingerprint density at radius 2 is 1.69 bits per heavy atom. The molecule has 1 amide bonds. The van der Waals surface area contributed by atoms with E-state index in [9.17, 15) is 9.90 Å². The summed E-state index contributed by atoms with van der Waals surface area (Å²) in [5, 5.41) is 9.75. The van der Waals surface area contributed by atoms with Crippen LogP contribution in [-0.4, -0.2) is 34.6 Å². The molecule has 16 heavy (non-hydrogen) atoms. The van der Waals surface area contributed by atoms with E-state index in [0.717, 1.165) is 0 Å². The van der Waals surface area contributed by atoms with Crippen molar-refractivity contribution in [2.45, 2.75) is 60.1 Å². The minimum atomic E-state index is -0.367. The fraction of sp³-hybridized carbons (Fsp3) is 0.923. The van der Waals surface area contributed by atoms with Crippen LogP contribution in [0.15, 0.2) is 0 Å². The highest BCUT2D eigenvalue weighted by Gasteiger charge is 2.43. The molecule has 2 atom stereocenters. The molecule has 1 N–H and O–H groups in total. The van der Waals surface area contributed by atoms with Gasteiger partial charge in [0.2, 0.25) is 5.91 Å². The van der Waals surface area contributed by atoms with Gasteiger partial charge in [-0.2, -0.15) is 0 Å². The van der Waals surface area contributed by atoms with E-state index in [1.807, 2.05) is 25.7 Å². The molecule has 0 radical (unpaired) electrons. The molecular formula is C13H25NO2. The minimum absolute atomic E-state index is 0.0262. The number of carbonyl (C=O) groups excluding carboxylic acids is 1. The van der Waals surface area contributed by atoms with Crippen molar-refractivity contribution in [1.29, 1.82) is 0 Å². The Balaban J connectivity index is 2.91. The van der Waals surface area contributed by atoms with E-state index >= 15 is 0 Å². The Hall–Kier alpha value is -0.570. The number of rotatable bonds is 0. The molecule has 1 heterocycles. The van der Waals surface area contributed by atoms with Gasteiger partial charge in [-0.25, -0.2) is 0 Å². The number of hydrogen-bond acceptors (Lipinski definition) is 2. The van der Waals surface area contributed by atoms with Gasteiger partial charge in [-0.15, -0.1) is 0 Å². The van der Waals surface area contributed by atoms with Crippen LogP contribution in [0, 0.1) is 10.8 Å². The molecule has 3 heteroatoms. The molecule has 3 nitrogen and oxygen atoms in total. The molecule has 0 aromatic carbocycles. The van der Waals surface area contributed by atoms with Crippen LogP contribution in [0.2, 0.25) is 0 Å². The predicted molar refractivity (Wildman–Crippen MR) is 65.0 cm³/mol. The summed E-state index contributed by atoms with van der Waals surface area (Å²) in [6.07, 6.45) is 0.334. The zero-order valence-corrected chi connectivity index (χ0v) is 11.4. The molecule has 1 aliphatic rings. The van der Waals surface area contributed by atoms with Crippen LogP contribution < -0.4 is 0 Å². The van der Waals surface area contributed by atoms with Crippen LogP contribution >= 0.6 is 0 Å². The van der Waals surface area contributed by atoms with Crippen molar-refractivity contribution >= 4 is 5.91 Å². The summed E-state index contributed by atoms with van der Waals surface area (Å²) >= 11 is 0. The molecule has 94 valence electrons. The summed E-state index contributed by atoms with van der Waals surface area (Å²) in [7, 11) is 0. The molecule has 0 saturated carbocycles. The number of aliphatic hydroxyl groups is 1. The first-order chi connectivity index (χ1) is 7.03. The van der Waals surface area contributed by atoms with Crippen molar-refractivity contribution in [1.82, 2.24) is 4.90 Å². The quantitative estimate of drug-likeness (QED) is 0.688. The second-order valence-electron chi connectivity index (χ2n) is 6.98. The fourth-order valence-electron chi connectivity index (χ4n) is 2.29. The van der Waals surface area contributed by atoms with Gasteiger partial charge in [-0.3, -0.25) is 4.79 Å². The summed E-state index contributed by atoms with van der Waals surface area (Å²) in [4.78, 5) is 14.2. The zero-order chi connectivity index (χ0) is 12.7. The third-order valence-electron chi connectivity index (χ3n) is 3.18. The lowest BCUT2D eigenvalue weighted by Crippen LogP contribution is -2.47. The molecule has 1 aliphatic heterocycles.